The molecular formula is C37H50N2O11. The number of carbonyl (C=O) groups is 2. The zero-order chi connectivity index (χ0) is 37.1. The number of hydrogen-bond donors (Lipinski definition) is 2. The van der Waals surface area contributed by atoms with Gasteiger partial charge in [-0.2, -0.15) is 0 Å². The van der Waals surface area contributed by atoms with E-state index in [2.05, 4.69) is 13.2 Å². The van der Waals surface area contributed by atoms with E-state index < -0.39 is 42.0 Å². The molecule has 2 aromatic carbocycles. The smallest absolute Gasteiger partial charge is 0.413 e. The summed E-state index contributed by atoms with van der Waals surface area (Å²) in [6.07, 6.45) is 0.728. The number of phenols is 1. The number of methoxy groups -OCH3 is 4. The van der Waals surface area contributed by atoms with Crippen LogP contribution in [0.4, 0.5) is 4.79 Å². The molecular weight excluding hydrogens is 648 g/mol. The number of aromatic hydroxyl groups is 1. The van der Waals surface area contributed by atoms with Crippen LogP contribution in [0, 0.1) is 13.8 Å². The molecule has 2 amide bonds. The summed E-state index contributed by atoms with van der Waals surface area (Å²) in [6.45, 7) is 16.5. The molecule has 0 aliphatic carbocycles. The first kappa shape index (κ1) is 38.2. The van der Waals surface area contributed by atoms with Crippen molar-refractivity contribution in [3.8, 4) is 34.5 Å². The largest absolute Gasteiger partial charge is 0.504 e. The third-order valence-electron chi connectivity index (χ3n) is 8.88. The van der Waals surface area contributed by atoms with Crippen LogP contribution in [0.3, 0.4) is 0 Å². The minimum absolute atomic E-state index is 0.0152. The molecule has 50 heavy (non-hydrogen) atoms. The molecule has 0 saturated carbocycles. The summed E-state index contributed by atoms with van der Waals surface area (Å²) >= 11 is 0. The minimum Gasteiger partial charge on any atom is -0.504 e. The standard InChI is InChI=1S/C37H50N2O11/c1-12-14-48-19-26-28-23(30(45-9)21(4)32(47-11)33(28)49-15-13-2)18-25-35(42)39(36(43)50-37(5,6)7)24(34(41)38(25)26)16-22-17-27(40)31(46-10)20(3)29(22)44-8/h12-13,17,24-26,35,40,42H,1-2,14-16,18-19H2,3-11H3/t24-,25-,26-,35+/m0/s1. The molecule has 2 N–H and O–H groups in total. The summed E-state index contributed by atoms with van der Waals surface area (Å²) in [4.78, 5) is 31.7. The summed E-state index contributed by atoms with van der Waals surface area (Å²) < 4.78 is 40.9. The van der Waals surface area contributed by atoms with Gasteiger partial charge in [-0.1, -0.05) is 18.7 Å². The van der Waals surface area contributed by atoms with E-state index in [1.54, 1.807) is 44.7 Å². The van der Waals surface area contributed by atoms with Gasteiger partial charge in [-0.25, -0.2) is 4.79 Å². The topological polar surface area (TPSA) is 146 Å². The lowest BCUT2D eigenvalue weighted by Crippen LogP contribution is -2.71. The number of benzene rings is 2. The van der Waals surface area contributed by atoms with E-state index in [1.165, 1.54) is 34.5 Å². The highest BCUT2D eigenvalue weighted by atomic mass is 16.6. The van der Waals surface area contributed by atoms with E-state index in [0.717, 1.165) is 4.90 Å². The molecule has 0 aromatic heterocycles. The van der Waals surface area contributed by atoms with Gasteiger partial charge in [-0.15, -0.1) is 6.58 Å². The number of piperazine rings is 1. The highest BCUT2D eigenvalue weighted by Crippen LogP contribution is 2.52. The van der Waals surface area contributed by atoms with E-state index in [-0.39, 0.29) is 44.2 Å². The maximum atomic E-state index is 15.1. The van der Waals surface area contributed by atoms with Crippen molar-refractivity contribution in [3.05, 3.63) is 59.2 Å². The Hall–Kier alpha value is -4.62. The Balaban J connectivity index is 2.00. The molecule has 0 spiro atoms. The first-order chi connectivity index (χ1) is 23.7. The van der Waals surface area contributed by atoms with E-state index in [4.69, 9.17) is 33.2 Å². The molecule has 2 aromatic rings. The van der Waals surface area contributed by atoms with Gasteiger partial charge in [0.05, 0.1) is 53.7 Å². The van der Waals surface area contributed by atoms with Gasteiger partial charge in [-0.05, 0) is 40.7 Å². The zero-order valence-corrected chi connectivity index (χ0v) is 30.5. The third-order valence-corrected chi connectivity index (χ3v) is 8.88. The molecule has 2 aliphatic rings. The van der Waals surface area contributed by atoms with Crippen molar-refractivity contribution in [2.45, 2.75) is 77.4 Å². The van der Waals surface area contributed by atoms with E-state index in [1.807, 2.05) is 6.92 Å². The van der Waals surface area contributed by atoms with Crippen molar-refractivity contribution in [2.24, 2.45) is 0 Å². The fourth-order valence-electron chi connectivity index (χ4n) is 7.04. The molecule has 2 aliphatic heterocycles. The molecule has 2 heterocycles. The molecule has 4 atom stereocenters. The van der Waals surface area contributed by atoms with Crippen LogP contribution in [0.15, 0.2) is 31.4 Å². The fourth-order valence-corrected chi connectivity index (χ4v) is 7.04. The monoisotopic (exact) mass is 698 g/mol. The Labute approximate surface area is 293 Å². The molecule has 4 rings (SSSR count). The van der Waals surface area contributed by atoms with Crippen molar-refractivity contribution in [1.29, 1.82) is 0 Å². The summed E-state index contributed by atoms with van der Waals surface area (Å²) in [5.74, 6) is 1.20. The van der Waals surface area contributed by atoms with Crippen LogP contribution in [-0.2, 0) is 27.1 Å². The number of aliphatic hydroxyl groups excluding tert-OH is 1. The van der Waals surface area contributed by atoms with E-state index in [0.29, 0.717) is 50.8 Å². The Morgan fingerprint density at radius 3 is 2.08 bits per heavy atom. The maximum absolute atomic E-state index is 15.1. The molecule has 0 radical (unpaired) electrons. The molecule has 274 valence electrons. The number of ether oxygens (including phenoxy) is 7. The second-order valence-corrected chi connectivity index (χ2v) is 13.1. The van der Waals surface area contributed by atoms with Crippen LogP contribution in [-0.4, -0.2) is 104 Å². The number of phenolic OH excluding ortho intramolecular Hbond substituents is 1. The minimum atomic E-state index is -1.54. The molecule has 1 fully saturated rings. The highest BCUT2D eigenvalue weighted by molar-refractivity contribution is 5.89. The summed E-state index contributed by atoms with van der Waals surface area (Å²) in [7, 11) is 5.94. The summed E-state index contributed by atoms with van der Waals surface area (Å²) in [5.41, 5.74) is 1.88. The molecule has 13 nitrogen and oxygen atoms in total. The maximum Gasteiger partial charge on any atom is 0.413 e. The zero-order valence-electron chi connectivity index (χ0n) is 30.5. The lowest BCUT2D eigenvalue weighted by Gasteiger charge is -2.54. The van der Waals surface area contributed by atoms with Gasteiger partial charge in [0, 0.05) is 40.7 Å². The molecule has 0 unspecified atom stereocenters. The van der Waals surface area contributed by atoms with Crippen LogP contribution in [0.2, 0.25) is 0 Å². The van der Waals surface area contributed by atoms with Crippen LogP contribution in [0.5, 0.6) is 34.5 Å². The number of aliphatic hydroxyl groups is 1. The van der Waals surface area contributed by atoms with E-state index in [9.17, 15) is 15.0 Å². The lowest BCUT2D eigenvalue weighted by molar-refractivity contribution is -0.176. The molecule has 13 heteroatoms. The van der Waals surface area contributed by atoms with Crippen molar-refractivity contribution in [3.63, 3.8) is 0 Å². The van der Waals surface area contributed by atoms with E-state index >= 15 is 4.79 Å². The summed E-state index contributed by atoms with van der Waals surface area (Å²) in [5, 5.41) is 23.1. The number of rotatable bonds is 13. The summed E-state index contributed by atoms with van der Waals surface area (Å²) in [6, 6.07) is -1.64. The second kappa shape index (κ2) is 15.5. The Morgan fingerprint density at radius 2 is 1.52 bits per heavy atom. The predicted molar refractivity (Wildman–Crippen MR) is 186 cm³/mol. The number of carbonyl (C=O) groups excluding carboxylic acids is 2. The number of nitrogens with zero attached hydrogens (tertiary/aromatic N) is 2. The average molecular weight is 699 g/mol. The quantitative estimate of drug-likeness (QED) is 0.220. The van der Waals surface area contributed by atoms with Gasteiger partial charge >= 0.3 is 6.09 Å². The Kier molecular flexibility index (Phi) is 11.8. The fraction of sp³-hybridized carbons (Fsp3) is 0.514. The Bertz CT molecular complexity index is 1620. The van der Waals surface area contributed by atoms with Gasteiger partial charge in [0.2, 0.25) is 5.91 Å². The van der Waals surface area contributed by atoms with Gasteiger partial charge in [0.1, 0.15) is 29.7 Å². The normalized spacial score (nSPS) is 20.0. The molecule has 1 saturated heterocycles. The van der Waals surface area contributed by atoms with Crippen molar-refractivity contribution >= 4 is 12.0 Å². The van der Waals surface area contributed by atoms with Gasteiger partial charge in [-0.3, -0.25) is 9.69 Å². The third kappa shape index (κ3) is 7.02. The van der Waals surface area contributed by atoms with Crippen molar-refractivity contribution in [1.82, 2.24) is 9.80 Å². The Morgan fingerprint density at radius 1 is 0.920 bits per heavy atom. The van der Waals surface area contributed by atoms with Crippen LogP contribution in [0.1, 0.15) is 54.6 Å². The number of fused-ring (bicyclic) bond motifs is 2. The first-order valence-corrected chi connectivity index (χ1v) is 16.4. The van der Waals surface area contributed by atoms with Crippen LogP contribution < -0.4 is 23.7 Å². The lowest BCUT2D eigenvalue weighted by atomic mass is 9.81. The van der Waals surface area contributed by atoms with Crippen molar-refractivity contribution in [2.75, 3.05) is 48.3 Å². The van der Waals surface area contributed by atoms with Gasteiger partial charge in [0.15, 0.2) is 29.2 Å². The van der Waals surface area contributed by atoms with Crippen LogP contribution >= 0.6 is 0 Å². The SMILES string of the molecule is C=CCOC[C@H]1c2c(c(OC)c(C)c(OC)c2OCC=C)C[C@H]2[C@@H](O)N(C(=O)OC(C)(C)C)[C@@H](Cc3cc(O)c(OC)c(C)c3OC)C(=O)N12. The first-order valence-electron chi connectivity index (χ1n) is 16.4. The number of hydrogen-bond acceptors (Lipinski definition) is 11. The average Bonchev–Trinajstić information content (AvgIpc) is 3.05. The molecule has 0 bridgehead atoms. The predicted octanol–water partition coefficient (Wildman–Crippen LogP) is 4.79. The van der Waals surface area contributed by atoms with Gasteiger partial charge in [0.25, 0.3) is 0 Å². The second-order valence-electron chi connectivity index (χ2n) is 13.1. The number of amides is 2. The van der Waals surface area contributed by atoms with Gasteiger partial charge < -0.3 is 48.3 Å². The van der Waals surface area contributed by atoms with Crippen molar-refractivity contribution < 1.29 is 53.0 Å². The highest BCUT2D eigenvalue weighted by Gasteiger charge is 2.55. The van der Waals surface area contributed by atoms with Crippen LogP contribution in [0.25, 0.3) is 0 Å².